The van der Waals surface area contributed by atoms with E-state index in [0.717, 1.165) is 10.0 Å². The van der Waals surface area contributed by atoms with Crippen LogP contribution in [0, 0.1) is 13.8 Å². The number of carbonyl (C=O) groups is 2. The first-order valence-electron chi connectivity index (χ1n) is 8.93. The number of benzene rings is 2. The summed E-state index contributed by atoms with van der Waals surface area (Å²) in [6.45, 7) is 3.63. The van der Waals surface area contributed by atoms with E-state index in [1.807, 2.05) is 31.2 Å². The summed E-state index contributed by atoms with van der Waals surface area (Å²) in [6, 6.07) is 15.1. The van der Waals surface area contributed by atoms with Gasteiger partial charge in [0, 0.05) is 16.1 Å². The molecule has 0 aliphatic carbocycles. The van der Waals surface area contributed by atoms with E-state index in [1.54, 1.807) is 37.3 Å². The van der Waals surface area contributed by atoms with Gasteiger partial charge in [-0.1, -0.05) is 63.0 Å². The van der Waals surface area contributed by atoms with Crippen molar-refractivity contribution in [1.29, 1.82) is 0 Å². The van der Waals surface area contributed by atoms with Gasteiger partial charge in [0.25, 0.3) is 5.78 Å². The van der Waals surface area contributed by atoms with Crippen LogP contribution in [0.2, 0.25) is 0 Å². The largest absolute Gasteiger partial charge is 0.507 e. The van der Waals surface area contributed by atoms with E-state index < -0.39 is 17.7 Å². The molecule has 1 saturated heterocycles. The first-order chi connectivity index (χ1) is 13.9. The van der Waals surface area contributed by atoms with Gasteiger partial charge in [0.2, 0.25) is 0 Å². The molecule has 7 heteroatoms. The molecule has 4 rings (SSSR count). The molecule has 6 nitrogen and oxygen atoms in total. The summed E-state index contributed by atoms with van der Waals surface area (Å²) < 4.78 is 5.97. The summed E-state index contributed by atoms with van der Waals surface area (Å²) in [6.07, 6.45) is 0. The second-order valence-corrected chi connectivity index (χ2v) is 7.80. The molecule has 0 radical (unpaired) electrons. The number of hydrogen-bond acceptors (Lipinski definition) is 5. The minimum atomic E-state index is -0.825. The van der Waals surface area contributed by atoms with E-state index in [0.29, 0.717) is 16.9 Å². The number of anilines is 1. The maximum Gasteiger partial charge on any atom is 0.301 e. The van der Waals surface area contributed by atoms with E-state index in [2.05, 4.69) is 21.1 Å². The Bertz CT molecular complexity index is 1130. The van der Waals surface area contributed by atoms with Crippen LogP contribution in [-0.2, 0) is 9.59 Å². The van der Waals surface area contributed by atoms with Crippen molar-refractivity contribution in [1.82, 2.24) is 5.16 Å². The van der Waals surface area contributed by atoms with Gasteiger partial charge in [0.15, 0.2) is 5.82 Å². The lowest BCUT2D eigenvalue weighted by Crippen LogP contribution is -2.29. The molecule has 0 bridgehead atoms. The van der Waals surface area contributed by atoms with Crippen LogP contribution in [-0.4, -0.2) is 22.0 Å². The quantitative estimate of drug-likeness (QED) is 0.354. The standard InChI is InChI=1S/C22H17BrN2O4/c1-12-3-5-15(6-4-12)20(26)18-19(14-7-9-16(23)10-8-14)25(22(28)21(18)27)17-11-13(2)29-24-17/h3-11,19,26H,1-2H3/b20-18-. The Morgan fingerprint density at radius 2 is 1.72 bits per heavy atom. The lowest BCUT2D eigenvalue weighted by Gasteiger charge is -2.22. The zero-order valence-corrected chi connectivity index (χ0v) is 17.3. The number of Topliss-reactive ketones (excluding diaryl/α,β-unsaturated/α-hetero) is 1. The van der Waals surface area contributed by atoms with Crippen molar-refractivity contribution in [3.63, 3.8) is 0 Å². The zero-order valence-electron chi connectivity index (χ0n) is 15.7. The number of aliphatic hydroxyl groups excluding tert-OH is 1. The van der Waals surface area contributed by atoms with Crippen molar-refractivity contribution in [2.24, 2.45) is 0 Å². The topological polar surface area (TPSA) is 83.6 Å². The first-order valence-corrected chi connectivity index (χ1v) is 9.73. The molecule has 1 aliphatic rings. The highest BCUT2D eigenvalue weighted by Gasteiger charge is 2.48. The summed E-state index contributed by atoms with van der Waals surface area (Å²) >= 11 is 3.39. The van der Waals surface area contributed by atoms with Crippen LogP contribution in [0.25, 0.3) is 5.76 Å². The van der Waals surface area contributed by atoms with Crippen LogP contribution in [0.3, 0.4) is 0 Å². The molecule has 1 N–H and O–H groups in total. The summed E-state index contributed by atoms with van der Waals surface area (Å²) in [5.41, 5.74) is 2.17. The smallest absolute Gasteiger partial charge is 0.301 e. The number of rotatable bonds is 3. The van der Waals surface area contributed by atoms with Crippen LogP contribution in [0.1, 0.15) is 28.5 Å². The number of halogens is 1. The molecule has 1 unspecified atom stereocenters. The molecule has 2 aromatic carbocycles. The van der Waals surface area contributed by atoms with Gasteiger partial charge in [-0.15, -0.1) is 0 Å². The maximum absolute atomic E-state index is 13.0. The molecule has 0 spiro atoms. The molecular weight excluding hydrogens is 436 g/mol. The van der Waals surface area contributed by atoms with Crippen LogP contribution in [0.4, 0.5) is 5.82 Å². The van der Waals surface area contributed by atoms with Crippen LogP contribution < -0.4 is 4.90 Å². The monoisotopic (exact) mass is 452 g/mol. The molecule has 146 valence electrons. The third-order valence-corrected chi connectivity index (χ3v) is 5.35. The van der Waals surface area contributed by atoms with E-state index in [-0.39, 0.29) is 17.2 Å². The third kappa shape index (κ3) is 3.38. The highest BCUT2D eigenvalue weighted by atomic mass is 79.9. The fourth-order valence-electron chi connectivity index (χ4n) is 3.36. The number of aryl methyl sites for hydroxylation is 2. The first kappa shape index (κ1) is 19.1. The van der Waals surface area contributed by atoms with E-state index in [9.17, 15) is 14.7 Å². The average molecular weight is 453 g/mol. The Morgan fingerprint density at radius 1 is 1.07 bits per heavy atom. The summed E-state index contributed by atoms with van der Waals surface area (Å²) in [7, 11) is 0. The second-order valence-electron chi connectivity index (χ2n) is 6.88. The fraction of sp³-hybridized carbons (Fsp3) is 0.136. The van der Waals surface area contributed by atoms with Crippen LogP contribution in [0.15, 0.2) is 69.2 Å². The number of nitrogens with zero attached hydrogens (tertiary/aromatic N) is 2. The van der Waals surface area contributed by atoms with Gasteiger partial charge in [0.1, 0.15) is 11.5 Å². The molecule has 29 heavy (non-hydrogen) atoms. The Balaban J connectivity index is 1.93. The molecule has 1 aromatic heterocycles. The molecule has 2 heterocycles. The van der Waals surface area contributed by atoms with Gasteiger partial charge in [-0.3, -0.25) is 14.5 Å². The molecule has 1 amide bonds. The Labute approximate surface area is 175 Å². The fourth-order valence-corrected chi connectivity index (χ4v) is 3.63. The van der Waals surface area contributed by atoms with E-state index in [4.69, 9.17) is 4.52 Å². The SMILES string of the molecule is Cc1ccc(/C(O)=C2/C(=O)C(=O)N(c3cc(C)on3)C2c2ccc(Br)cc2)cc1. The molecule has 1 atom stereocenters. The van der Waals surface area contributed by atoms with Crippen molar-refractivity contribution in [2.75, 3.05) is 4.90 Å². The van der Waals surface area contributed by atoms with E-state index in [1.165, 1.54) is 4.90 Å². The zero-order chi connectivity index (χ0) is 20.7. The predicted octanol–water partition coefficient (Wildman–Crippen LogP) is 4.68. The van der Waals surface area contributed by atoms with Gasteiger partial charge in [-0.25, -0.2) is 0 Å². The lowest BCUT2D eigenvalue weighted by molar-refractivity contribution is -0.132. The highest BCUT2D eigenvalue weighted by molar-refractivity contribution is 9.10. The number of aromatic nitrogens is 1. The van der Waals surface area contributed by atoms with Crippen LogP contribution in [0.5, 0.6) is 0 Å². The molecule has 1 fully saturated rings. The van der Waals surface area contributed by atoms with Crippen molar-refractivity contribution in [2.45, 2.75) is 19.9 Å². The van der Waals surface area contributed by atoms with Gasteiger partial charge >= 0.3 is 5.91 Å². The number of hydrogen-bond donors (Lipinski definition) is 1. The average Bonchev–Trinajstić information content (AvgIpc) is 3.24. The molecule has 1 aliphatic heterocycles. The van der Waals surface area contributed by atoms with Crippen molar-refractivity contribution >= 4 is 39.2 Å². The number of amides is 1. The maximum atomic E-state index is 13.0. The summed E-state index contributed by atoms with van der Waals surface area (Å²) in [4.78, 5) is 27.1. The molecule has 3 aromatic rings. The van der Waals surface area contributed by atoms with Gasteiger partial charge in [0.05, 0.1) is 11.6 Å². The van der Waals surface area contributed by atoms with Gasteiger partial charge in [-0.05, 0) is 31.5 Å². The number of aliphatic hydroxyl groups is 1. The number of carbonyl (C=O) groups excluding carboxylic acids is 2. The Hall–Kier alpha value is -3.19. The molecule has 0 saturated carbocycles. The second kappa shape index (κ2) is 7.33. The van der Waals surface area contributed by atoms with Gasteiger partial charge < -0.3 is 9.63 Å². The third-order valence-electron chi connectivity index (χ3n) is 4.82. The van der Waals surface area contributed by atoms with Crippen molar-refractivity contribution in [3.8, 4) is 0 Å². The summed E-state index contributed by atoms with van der Waals surface area (Å²) in [5, 5.41) is 14.9. The summed E-state index contributed by atoms with van der Waals surface area (Å²) in [5.74, 6) is -1.02. The molecular formula is C22H17BrN2O4. The van der Waals surface area contributed by atoms with Crippen LogP contribution >= 0.6 is 15.9 Å². The van der Waals surface area contributed by atoms with Gasteiger partial charge in [-0.2, -0.15) is 0 Å². The Kier molecular flexibility index (Phi) is 4.84. The minimum absolute atomic E-state index is 0.0156. The van der Waals surface area contributed by atoms with Crippen molar-refractivity contribution in [3.05, 3.63) is 87.1 Å². The predicted molar refractivity (Wildman–Crippen MR) is 111 cm³/mol. The van der Waals surface area contributed by atoms with Crippen molar-refractivity contribution < 1.29 is 19.2 Å². The number of ketones is 1. The highest BCUT2D eigenvalue weighted by Crippen LogP contribution is 2.42. The normalized spacial score (nSPS) is 18.4. The Morgan fingerprint density at radius 3 is 2.31 bits per heavy atom. The van der Waals surface area contributed by atoms with E-state index >= 15 is 0 Å². The minimum Gasteiger partial charge on any atom is -0.507 e. The lowest BCUT2D eigenvalue weighted by atomic mass is 9.95.